The zero-order valence-electron chi connectivity index (χ0n) is 15.6. The summed E-state index contributed by atoms with van der Waals surface area (Å²) in [6, 6.07) is 14.1. The summed E-state index contributed by atoms with van der Waals surface area (Å²) in [5.74, 6) is 0.235. The van der Waals surface area contributed by atoms with Crippen molar-refractivity contribution < 1.29 is 23.5 Å². The lowest BCUT2D eigenvalue weighted by Crippen LogP contribution is -2.27. The molecule has 1 amide bonds. The van der Waals surface area contributed by atoms with E-state index in [0.29, 0.717) is 47.6 Å². The molecule has 2 aromatic carbocycles. The number of benzene rings is 2. The van der Waals surface area contributed by atoms with Crippen LogP contribution in [0.4, 0.5) is 5.69 Å². The van der Waals surface area contributed by atoms with Crippen molar-refractivity contribution in [2.75, 3.05) is 18.5 Å². The van der Waals surface area contributed by atoms with Gasteiger partial charge in [0.15, 0.2) is 5.76 Å². The molecule has 6 heteroatoms. The Hall–Kier alpha value is -3.12. The second-order valence-corrected chi connectivity index (χ2v) is 6.58. The lowest BCUT2D eigenvalue weighted by molar-refractivity contribution is -0.124. The normalized spacial score (nSPS) is 16.2. The number of ketones is 1. The minimum Gasteiger partial charge on any atom is -0.494 e. The average Bonchev–Trinajstić information content (AvgIpc) is 3.37. The van der Waals surface area contributed by atoms with E-state index in [9.17, 15) is 9.59 Å². The molecule has 1 atom stereocenters. The van der Waals surface area contributed by atoms with Crippen LogP contribution in [0.3, 0.4) is 0 Å². The van der Waals surface area contributed by atoms with Gasteiger partial charge >= 0.3 is 0 Å². The molecule has 1 aromatic heterocycles. The predicted octanol–water partition coefficient (Wildman–Crippen LogP) is 4.18. The number of nitrogens with one attached hydrogen (secondary N) is 1. The molecule has 6 nitrogen and oxygen atoms in total. The Bertz CT molecular complexity index is 999. The topological polar surface area (TPSA) is 77.8 Å². The Morgan fingerprint density at radius 1 is 1.14 bits per heavy atom. The molecule has 0 unspecified atom stereocenters. The molecule has 144 valence electrons. The van der Waals surface area contributed by atoms with Gasteiger partial charge in [-0.25, -0.2) is 0 Å². The molecule has 28 heavy (non-hydrogen) atoms. The van der Waals surface area contributed by atoms with E-state index < -0.39 is 6.10 Å². The Balaban J connectivity index is 1.69. The van der Waals surface area contributed by atoms with Crippen LogP contribution in [-0.2, 0) is 9.53 Å². The first-order chi connectivity index (χ1) is 13.7. The van der Waals surface area contributed by atoms with Crippen molar-refractivity contribution in [3.63, 3.8) is 0 Å². The second-order valence-electron chi connectivity index (χ2n) is 6.58. The fraction of sp³-hybridized carbons (Fsp3) is 0.273. The largest absolute Gasteiger partial charge is 0.494 e. The third-order valence-corrected chi connectivity index (χ3v) is 4.70. The third kappa shape index (κ3) is 3.51. The van der Waals surface area contributed by atoms with Gasteiger partial charge in [0, 0.05) is 17.6 Å². The number of amides is 1. The van der Waals surface area contributed by atoms with Crippen molar-refractivity contribution in [1.29, 1.82) is 0 Å². The number of rotatable bonds is 6. The number of carbonyl (C=O) groups is 2. The van der Waals surface area contributed by atoms with Gasteiger partial charge in [-0.1, -0.05) is 12.1 Å². The average molecular weight is 379 g/mol. The minimum absolute atomic E-state index is 0.108. The SMILES string of the molecule is CCOc1ccc(C(=O)c2oc3ccccc3c2NC(=O)[C@H]2CCCO2)cc1. The van der Waals surface area contributed by atoms with Gasteiger partial charge in [-0.2, -0.15) is 0 Å². The van der Waals surface area contributed by atoms with E-state index in [-0.39, 0.29) is 17.5 Å². The van der Waals surface area contributed by atoms with E-state index in [1.54, 1.807) is 30.3 Å². The van der Waals surface area contributed by atoms with Gasteiger partial charge in [-0.3, -0.25) is 9.59 Å². The first kappa shape index (κ1) is 18.3. The van der Waals surface area contributed by atoms with Crippen LogP contribution in [0.15, 0.2) is 52.9 Å². The van der Waals surface area contributed by atoms with Gasteiger partial charge in [-0.05, 0) is 56.2 Å². The van der Waals surface area contributed by atoms with E-state index in [0.717, 1.165) is 6.42 Å². The first-order valence-electron chi connectivity index (χ1n) is 9.39. The smallest absolute Gasteiger partial charge is 0.253 e. The maximum absolute atomic E-state index is 13.1. The molecule has 4 rings (SSSR count). The number of para-hydroxylation sites is 1. The molecule has 0 radical (unpaired) electrons. The lowest BCUT2D eigenvalue weighted by Gasteiger charge is -2.10. The van der Waals surface area contributed by atoms with Crippen LogP contribution in [0.2, 0.25) is 0 Å². The highest BCUT2D eigenvalue weighted by Crippen LogP contribution is 2.33. The van der Waals surface area contributed by atoms with Crippen LogP contribution in [-0.4, -0.2) is 31.0 Å². The fourth-order valence-corrected chi connectivity index (χ4v) is 3.32. The quantitative estimate of drug-likeness (QED) is 0.650. The monoisotopic (exact) mass is 379 g/mol. The van der Waals surface area contributed by atoms with Crippen LogP contribution < -0.4 is 10.1 Å². The summed E-state index contributed by atoms with van der Waals surface area (Å²) in [6.07, 6.45) is 1.02. The van der Waals surface area contributed by atoms with Crippen molar-refractivity contribution in [2.24, 2.45) is 0 Å². The van der Waals surface area contributed by atoms with Crippen LogP contribution in [0.25, 0.3) is 11.0 Å². The molecule has 1 fully saturated rings. The van der Waals surface area contributed by atoms with Crippen LogP contribution in [0.5, 0.6) is 5.75 Å². The van der Waals surface area contributed by atoms with Gasteiger partial charge in [0.2, 0.25) is 5.78 Å². The predicted molar refractivity (Wildman–Crippen MR) is 105 cm³/mol. The standard InChI is InChI=1S/C22H21NO5/c1-2-26-15-11-9-14(10-12-15)20(24)21-19(16-6-3-4-7-17(16)28-21)23-22(25)18-8-5-13-27-18/h3-4,6-7,9-12,18H,2,5,8,13H2,1H3,(H,23,25)/t18-/m1/s1. The summed E-state index contributed by atoms with van der Waals surface area (Å²) in [6.45, 7) is 3.02. The Morgan fingerprint density at radius 3 is 2.64 bits per heavy atom. The number of carbonyl (C=O) groups excluding carboxylic acids is 2. The Morgan fingerprint density at radius 2 is 1.93 bits per heavy atom. The van der Waals surface area contributed by atoms with E-state index in [1.165, 1.54) is 0 Å². The van der Waals surface area contributed by atoms with Gasteiger partial charge < -0.3 is 19.2 Å². The van der Waals surface area contributed by atoms with Crippen molar-refractivity contribution in [3.8, 4) is 5.75 Å². The number of anilines is 1. The van der Waals surface area contributed by atoms with Gasteiger partial charge in [0.1, 0.15) is 17.4 Å². The van der Waals surface area contributed by atoms with Crippen LogP contribution >= 0.6 is 0 Å². The Kier molecular flexibility index (Phi) is 5.12. The van der Waals surface area contributed by atoms with Gasteiger partial charge in [0.05, 0.1) is 12.3 Å². The number of furan rings is 1. The molecule has 1 aliphatic heterocycles. The number of hydrogen-bond acceptors (Lipinski definition) is 5. The van der Waals surface area contributed by atoms with Crippen molar-refractivity contribution in [3.05, 3.63) is 59.9 Å². The van der Waals surface area contributed by atoms with Gasteiger partial charge in [-0.15, -0.1) is 0 Å². The molecule has 3 aromatic rings. The highest BCUT2D eigenvalue weighted by Gasteiger charge is 2.28. The summed E-state index contributed by atoms with van der Waals surface area (Å²) in [7, 11) is 0. The fourth-order valence-electron chi connectivity index (χ4n) is 3.32. The molecular weight excluding hydrogens is 358 g/mol. The lowest BCUT2D eigenvalue weighted by atomic mass is 10.1. The Labute approximate surface area is 162 Å². The molecule has 0 saturated carbocycles. The molecule has 0 bridgehead atoms. The summed E-state index contributed by atoms with van der Waals surface area (Å²) in [4.78, 5) is 25.7. The highest BCUT2D eigenvalue weighted by atomic mass is 16.5. The summed E-state index contributed by atoms with van der Waals surface area (Å²) in [5, 5.41) is 3.54. The highest BCUT2D eigenvalue weighted by molar-refractivity contribution is 6.17. The minimum atomic E-state index is -0.498. The number of ether oxygens (including phenoxy) is 2. The second kappa shape index (κ2) is 7.86. The summed E-state index contributed by atoms with van der Waals surface area (Å²) < 4.78 is 16.7. The van der Waals surface area contributed by atoms with Crippen LogP contribution in [0.1, 0.15) is 35.9 Å². The van der Waals surface area contributed by atoms with E-state index >= 15 is 0 Å². The molecule has 0 spiro atoms. The molecule has 1 aliphatic rings. The molecular formula is C22H21NO5. The zero-order chi connectivity index (χ0) is 19.5. The third-order valence-electron chi connectivity index (χ3n) is 4.70. The zero-order valence-corrected chi connectivity index (χ0v) is 15.6. The molecule has 1 saturated heterocycles. The molecule has 2 heterocycles. The number of fused-ring (bicyclic) bond motifs is 1. The first-order valence-corrected chi connectivity index (χ1v) is 9.39. The maximum atomic E-state index is 13.1. The van der Waals surface area contributed by atoms with E-state index in [1.807, 2.05) is 25.1 Å². The van der Waals surface area contributed by atoms with Crippen molar-refractivity contribution in [1.82, 2.24) is 0 Å². The van der Waals surface area contributed by atoms with E-state index in [4.69, 9.17) is 13.9 Å². The van der Waals surface area contributed by atoms with Crippen LogP contribution in [0, 0.1) is 0 Å². The molecule has 0 aliphatic carbocycles. The summed E-state index contributed by atoms with van der Waals surface area (Å²) in [5.41, 5.74) is 1.38. The van der Waals surface area contributed by atoms with Crippen molar-refractivity contribution >= 4 is 28.3 Å². The van der Waals surface area contributed by atoms with Crippen molar-refractivity contribution in [2.45, 2.75) is 25.9 Å². The summed E-state index contributed by atoms with van der Waals surface area (Å²) >= 11 is 0. The molecule has 1 N–H and O–H groups in total. The van der Waals surface area contributed by atoms with E-state index in [2.05, 4.69) is 5.32 Å². The maximum Gasteiger partial charge on any atom is 0.253 e. The van der Waals surface area contributed by atoms with Gasteiger partial charge in [0.25, 0.3) is 5.91 Å². The number of hydrogen-bond donors (Lipinski definition) is 1.